The fourth-order valence-corrected chi connectivity index (χ4v) is 7.11. The fraction of sp³-hybridized carbons (Fsp3) is 0.609. The van der Waals surface area contributed by atoms with Crippen LogP contribution >= 0.6 is 27.3 Å². The van der Waals surface area contributed by atoms with Crippen LogP contribution in [-0.4, -0.2) is 71.5 Å². The van der Waals surface area contributed by atoms with E-state index in [9.17, 15) is 4.79 Å². The molecule has 1 amide bonds. The smallest absolute Gasteiger partial charge is 0.232 e. The van der Waals surface area contributed by atoms with Gasteiger partial charge in [-0.1, -0.05) is 6.92 Å². The molecule has 2 saturated heterocycles. The van der Waals surface area contributed by atoms with Crippen LogP contribution in [0.5, 0.6) is 0 Å². The maximum Gasteiger partial charge on any atom is 0.232 e. The molecule has 0 saturated carbocycles. The Hall–Kier alpha value is -1.51. The third-order valence-electron chi connectivity index (χ3n) is 7.27. The van der Waals surface area contributed by atoms with Crippen molar-refractivity contribution >= 4 is 39.0 Å². The monoisotopic (exact) mass is 503 g/mol. The van der Waals surface area contributed by atoms with Gasteiger partial charge in [0.25, 0.3) is 0 Å². The van der Waals surface area contributed by atoms with Crippen LogP contribution in [0.25, 0.3) is 0 Å². The molecule has 0 unspecified atom stereocenters. The molecule has 0 bridgehead atoms. The molecule has 0 N–H and O–H groups in total. The van der Waals surface area contributed by atoms with Crippen LogP contribution < -0.4 is 4.90 Å². The summed E-state index contributed by atoms with van der Waals surface area (Å²) >= 11 is 5.30. The number of hydrogen-bond donors (Lipinski definition) is 0. The summed E-state index contributed by atoms with van der Waals surface area (Å²) in [6.45, 7) is 6.54. The standard InChI is InChI=1S/C23H30BrN5OS/c1-15-5-6-16-20(15)22(26-14-25-16)28-10-12-29(13-11-28)23(30)21(17-4-3-9-27(17)2)18-7-8-19(24)31-18/h7-8,14-15,17,21H,3-6,9-13H2,1-2H3/t15-,17+,21-/m1/s1. The van der Waals surface area contributed by atoms with Crippen molar-refractivity contribution in [2.45, 2.75) is 50.5 Å². The Morgan fingerprint density at radius 2 is 1.97 bits per heavy atom. The zero-order valence-corrected chi connectivity index (χ0v) is 20.7. The van der Waals surface area contributed by atoms with E-state index < -0.39 is 0 Å². The molecule has 2 fully saturated rings. The highest BCUT2D eigenvalue weighted by Crippen LogP contribution is 2.39. The number of piperazine rings is 1. The number of aryl methyl sites for hydroxylation is 1. The largest absolute Gasteiger partial charge is 0.353 e. The molecule has 0 radical (unpaired) electrons. The number of carbonyl (C=O) groups excluding carboxylic acids is 1. The van der Waals surface area contributed by atoms with E-state index in [0.29, 0.717) is 12.0 Å². The Kier molecular flexibility index (Phi) is 6.05. The summed E-state index contributed by atoms with van der Waals surface area (Å²) in [5.41, 5.74) is 2.54. The number of hydrogen-bond acceptors (Lipinski definition) is 6. The highest BCUT2D eigenvalue weighted by molar-refractivity contribution is 9.11. The Balaban J connectivity index is 1.33. The Morgan fingerprint density at radius 3 is 2.65 bits per heavy atom. The summed E-state index contributed by atoms with van der Waals surface area (Å²) in [6.07, 6.45) is 6.18. The van der Waals surface area contributed by atoms with Gasteiger partial charge in [-0.3, -0.25) is 4.79 Å². The molecule has 4 heterocycles. The second kappa shape index (κ2) is 8.79. The molecule has 1 aliphatic carbocycles. The second-order valence-corrected chi connectivity index (χ2v) is 11.6. The van der Waals surface area contributed by atoms with E-state index in [2.05, 4.69) is 66.7 Å². The molecule has 2 aliphatic heterocycles. The fourth-order valence-electron chi connectivity index (χ4n) is 5.54. The van der Waals surface area contributed by atoms with Gasteiger partial charge in [0.1, 0.15) is 12.1 Å². The van der Waals surface area contributed by atoms with Crippen LogP contribution in [0.15, 0.2) is 22.2 Å². The number of likely N-dealkylation sites (N-methyl/N-ethyl adjacent to an activating group) is 1. The molecule has 3 atom stereocenters. The molecule has 0 aromatic carbocycles. The lowest BCUT2D eigenvalue weighted by Crippen LogP contribution is -2.52. The number of amides is 1. The first-order valence-corrected chi connectivity index (χ1v) is 13.0. The van der Waals surface area contributed by atoms with E-state index in [-0.39, 0.29) is 11.8 Å². The third-order valence-corrected chi connectivity index (χ3v) is 8.98. The highest BCUT2D eigenvalue weighted by atomic mass is 79.9. The average molecular weight is 504 g/mol. The zero-order chi connectivity index (χ0) is 21.5. The SMILES string of the molecule is C[C@@H]1CCc2ncnc(N3CCN(C(=O)[C@@H](c4ccc(Br)s4)[C@@H]4CCCN4C)CC3)c21. The molecule has 2 aromatic heterocycles. The molecule has 2 aromatic rings. The van der Waals surface area contributed by atoms with Crippen molar-refractivity contribution in [3.05, 3.63) is 38.4 Å². The van der Waals surface area contributed by atoms with E-state index in [1.54, 1.807) is 17.7 Å². The lowest BCUT2D eigenvalue weighted by Gasteiger charge is -2.39. The van der Waals surface area contributed by atoms with Crippen LogP contribution in [0.2, 0.25) is 0 Å². The van der Waals surface area contributed by atoms with E-state index in [1.165, 1.54) is 22.6 Å². The first-order chi connectivity index (χ1) is 15.0. The number of fused-ring (bicyclic) bond motifs is 1. The molecule has 8 heteroatoms. The van der Waals surface area contributed by atoms with E-state index in [4.69, 9.17) is 0 Å². The molecule has 0 spiro atoms. The number of halogens is 1. The van der Waals surface area contributed by atoms with Gasteiger partial charge in [0.15, 0.2) is 0 Å². The predicted octanol–water partition coefficient (Wildman–Crippen LogP) is 3.88. The summed E-state index contributed by atoms with van der Waals surface area (Å²) in [4.78, 5) is 30.9. The number of likely N-dealkylation sites (tertiary alicyclic amines) is 1. The van der Waals surface area contributed by atoms with E-state index in [0.717, 1.165) is 61.6 Å². The summed E-state index contributed by atoms with van der Waals surface area (Å²) in [5.74, 6) is 1.83. The molecule has 3 aliphatic rings. The number of thiophene rings is 1. The zero-order valence-electron chi connectivity index (χ0n) is 18.3. The maximum atomic E-state index is 13.8. The van der Waals surface area contributed by atoms with Gasteiger partial charge in [0, 0.05) is 48.4 Å². The number of rotatable bonds is 4. The maximum absolute atomic E-state index is 13.8. The number of aromatic nitrogens is 2. The first kappa shape index (κ1) is 21.3. The van der Waals surface area contributed by atoms with Gasteiger partial charge in [-0.05, 0) is 73.3 Å². The Bertz CT molecular complexity index is 957. The topological polar surface area (TPSA) is 52.6 Å². The molecule has 166 valence electrons. The van der Waals surface area contributed by atoms with Crippen LogP contribution in [0.4, 0.5) is 5.82 Å². The minimum Gasteiger partial charge on any atom is -0.353 e. The minimum absolute atomic E-state index is 0.0707. The van der Waals surface area contributed by atoms with E-state index in [1.807, 2.05) is 0 Å². The molecular weight excluding hydrogens is 474 g/mol. The van der Waals surface area contributed by atoms with Gasteiger partial charge >= 0.3 is 0 Å². The number of nitrogens with zero attached hydrogens (tertiary/aromatic N) is 5. The molecule has 6 nitrogen and oxygen atoms in total. The Morgan fingerprint density at radius 1 is 1.16 bits per heavy atom. The second-order valence-electron chi connectivity index (χ2n) is 9.12. The van der Waals surface area contributed by atoms with Crippen molar-refractivity contribution in [1.82, 2.24) is 19.8 Å². The molecule has 5 rings (SSSR count). The van der Waals surface area contributed by atoms with Gasteiger partial charge in [-0.25, -0.2) is 9.97 Å². The summed E-state index contributed by atoms with van der Waals surface area (Å²) < 4.78 is 1.09. The summed E-state index contributed by atoms with van der Waals surface area (Å²) in [5, 5.41) is 0. The van der Waals surface area contributed by atoms with Crippen LogP contribution in [0, 0.1) is 0 Å². The van der Waals surface area contributed by atoms with Gasteiger partial charge < -0.3 is 14.7 Å². The molecular formula is C23H30BrN5OS. The van der Waals surface area contributed by atoms with E-state index >= 15 is 0 Å². The van der Waals surface area contributed by atoms with Crippen molar-refractivity contribution in [2.24, 2.45) is 0 Å². The average Bonchev–Trinajstić information content (AvgIpc) is 3.50. The normalized spacial score (nSPS) is 25.1. The van der Waals surface area contributed by atoms with Crippen molar-refractivity contribution in [3.63, 3.8) is 0 Å². The van der Waals surface area contributed by atoms with Crippen molar-refractivity contribution < 1.29 is 4.79 Å². The van der Waals surface area contributed by atoms with Crippen molar-refractivity contribution in [2.75, 3.05) is 44.7 Å². The predicted molar refractivity (Wildman–Crippen MR) is 128 cm³/mol. The number of carbonyl (C=O) groups is 1. The van der Waals surface area contributed by atoms with Gasteiger partial charge in [0.05, 0.1) is 9.70 Å². The van der Waals surface area contributed by atoms with Crippen molar-refractivity contribution in [3.8, 4) is 0 Å². The van der Waals surface area contributed by atoms with Gasteiger partial charge in [-0.15, -0.1) is 11.3 Å². The Labute approximate surface area is 196 Å². The lowest BCUT2D eigenvalue weighted by atomic mass is 9.94. The van der Waals surface area contributed by atoms with Gasteiger partial charge in [0.2, 0.25) is 5.91 Å². The summed E-state index contributed by atoms with van der Waals surface area (Å²) in [7, 11) is 2.16. The first-order valence-electron chi connectivity index (χ1n) is 11.4. The highest BCUT2D eigenvalue weighted by Gasteiger charge is 2.39. The minimum atomic E-state index is -0.0707. The van der Waals surface area contributed by atoms with Gasteiger partial charge in [-0.2, -0.15) is 0 Å². The third kappa shape index (κ3) is 4.02. The van der Waals surface area contributed by atoms with Crippen LogP contribution in [-0.2, 0) is 11.2 Å². The van der Waals surface area contributed by atoms with Crippen molar-refractivity contribution in [1.29, 1.82) is 0 Å². The van der Waals surface area contributed by atoms with Crippen LogP contribution in [0.3, 0.4) is 0 Å². The van der Waals surface area contributed by atoms with Crippen LogP contribution in [0.1, 0.15) is 54.2 Å². The lowest BCUT2D eigenvalue weighted by molar-refractivity contribution is -0.134. The quantitative estimate of drug-likeness (QED) is 0.633. The number of anilines is 1. The summed E-state index contributed by atoms with van der Waals surface area (Å²) in [6, 6.07) is 4.50. The molecule has 31 heavy (non-hydrogen) atoms.